The van der Waals surface area contributed by atoms with Crippen molar-refractivity contribution in [1.29, 1.82) is 0 Å². The highest BCUT2D eigenvalue weighted by Gasteiger charge is 2.37. The number of fused-ring (bicyclic) bond motifs is 3. The quantitative estimate of drug-likeness (QED) is 0.222. The molecule has 1 aliphatic rings. The standard InChI is InChI=1S/C31H30N4O5/c1-20(2)33(31(37)23-12-11-21(3)28(18-23)35(38)39)19-29(36)34-26-9-6-5-8-25(26)32-17-7-10-27(32)30(34)22-13-15-24(40-4)16-14-22/h5-18,20,30H,19H2,1-4H3. The molecule has 5 rings (SSSR count). The van der Waals surface area contributed by atoms with Gasteiger partial charge >= 0.3 is 0 Å². The molecule has 0 spiro atoms. The van der Waals surface area contributed by atoms with E-state index in [1.807, 2.05) is 80.7 Å². The fourth-order valence-corrected chi connectivity index (χ4v) is 5.18. The van der Waals surface area contributed by atoms with Crippen molar-refractivity contribution in [2.75, 3.05) is 18.6 Å². The van der Waals surface area contributed by atoms with E-state index >= 15 is 0 Å². The van der Waals surface area contributed by atoms with E-state index in [1.165, 1.54) is 11.0 Å². The zero-order chi connectivity index (χ0) is 28.6. The molecule has 4 aromatic rings. The summed E-state index contributed by atoms with van der Waals surface area (Å²) in [6.07, 6.45) is 1.97. The largest absolute Gasteiger partial charge is 0.497 e. The summed E-state index contributed by atoms with van der Waals surface area (Å²) >= 11 is 0. The second kappa shape index (κ2) is 10.7. The van der Waals surface area contributed by atoms with Gasteiger partial charge in [-0.05, 0) is 68.8 Å². The summed E-state index contributed by atoms with van der Waals surface area (Å²) in [7, 11) is 1.60. The number of methoxy groups -OCH3 is 1. The fraction of sp³-hybridized carbons (Fsp3) is 0.226. The molecule has 0 fully saturated rings. The van der Waals surface area contributed by atoms with Crippen LogP contribution < -0.4 is 9.64 Å². The number of nitro groups is 1. The van der Waals surface area contributed by atoms with Gasteiger partial charge in [0.15, 0.2) is 0 Å². The molecule has 0 saturated carbocycles. The van der Waals surface area contributed by atoms with Gasteiger partial charge in [-0.1, -0.05) is 30.3 Å². The summed E-state index contributed by atoms with van der Waals surface area (Å²) < 4.78 is 7.42. The molecule has 0 bridgehead atoms. The van der Waals surface area contributed by atoms with Crippen molar-refractivity contribution in [3.8, 4) is 11.4 Å². The number of para-hydroxylation sites is 2. The first kappa shape index (κ1) is 26.7. The predicted octanol–water partition coefficient (Wildman–Crippen LogP) is 5.69. The van der Waals surface area contributed by atoms with Crippen molar-refractivity contribution < 1.29 is 19.2 Å². The van der Waals surface area contributed by atoms with Crippen molar-refractivity contribution in [3.63, 3.8) is 0 Å². The number of amides is 2. The lowest BCUT2D eigenvalue weighted by molar-refractivity contribution is -0.385. The van der Waals surface area contributed by atoms with Crippen LogP contribution in [0.1, 0.15) is 47.1 Å². The summed E-state index contributed by atoms with van der Waals surface area (Å²) in [6.45, 7) is 5.06. The van der Waals surface area contributed by atoms with Crippen molar-refractivity contribution in [1.82, 2.24) is 9.47 Å². The lowest BCUT2D eigenvalue weighted by Crippen LogP contribution is -2.48. The normalized spacial score (nSPS) is 13.9. The monoisotopic (exact) mass is 538 g/mol. The number of nitrogens with zero attached hydrogens (tertiary/aromatic N) is 4. The van der Waals surface area contributed by atoms with Gasteiger partial charge in [0.25, 0.3) is 11.6 Å². The van der Waals surface area contributed by atoms with Gasteiger partial charge in [0.05, 0.1) is 29.1 Å². The summed E-state index contributed by atoms with van der Waals surface area (Å²) in [4.78, 5) is 42.1. The molecule has 40 heavy (non-hydrogen) atoms. The number of nitro benzene ring substituents is 1. The molecule has 1 atom stereocenters. The summed E-state index contributed by atoms with van der Waals surface area (Å²) in [6, 6.07) is 22.8. The van der Waals surface area contributed by atoms with Gasteiger partial charge in [-0.15, -0.1) is 0 Å². The SMILES string of the molecule is COc1ccc(C2c3cccn3-c3ccccc3N2C(=O)CN(C(=O)c2ccc(C)c([N+](=O)[O-])c2)C(C)C)cc1. The number of anilines is 1. The molecule has 3 aromatic carbocycles. The van der Waals surface area contributed by atoms with Gasteiger partial charge in [-0.25, -0.2) is 0 Å². The lowest BCUT2D eigenvalue weighted by Gasteiger charge is -2.40. The van der Waals surface area contributed by atoms with Gasteiger partial charge < -0.3 is 14.2 Å². The van der Waals surface area contributed by atoms with Crippen LogP contribution in [0.4, 0.5) is 11.4 Å². The van der Waals surface area contributed by atoms with E-state index in [1.54, 1.807) is 31.1 Å². The Balaban J connectivity index is 1.55. The van der Waals surface area contributed by atoms with Crippen molar-refractivity contribution >= 4 is 23.2 Å². The molecule has 2 heterocycles. The number of carbonyl (C=O) groups excluding carboxylic acids is 2. The minimum absolute atomic E-state index is 0.133. The average Bonchev–Trinajstić information content (AvgIpc) is 3.45. The van der Waals surface area contributed by atoms with E-state index in [-0.39, 0.29) is 29.7 Å². The van der Waals surface area contributed by atoms with Crippen LogP contribution in [0.15, 0.2) is 85.1 Å². The summed E-state index contributed by atoms with van der Waals surface area (Å²) in [5.41, 5.74) is 3.87. The first-order valence-corrected chi connectivity index (χ1v) is 13.0. The van der Waals surface area contributed by atoms with Crippen LogP contribution in [0.25, 0.3) is 5.69 Å². The van der Waals surface area contributed by atoms with Gasteiger partial charge in [0, 0.05) is 29.4 Å². The number of aromatic nitrogens is 1. The van der Waals surface area contributed by atoms with Gasteiger partial charge in [0.1, 0.15) is 18.3 Å². The molecular formula is C31H30N4O5. The number of aryl methyl sites for hydroxylation is 1. The second-order valence-corrected chi connectivity index (χ2v) is 10.0. The zero-order valence-electron chi connectivity index (χ0n) is 22.8. The first-order chi connectivity index (χ1) is 19.2. The number of benzene rings is 3. The van der Waals surface area contributed by atoms with Crippen LogP contribution in [0.3, 0.4) is 0 Å². The van der Waals surface area contributed by atoms with E-state index in [4.69, 9.17) is 4.74 Å². The molecular weight excluding hydrogens is 508 g/mol. The predicted molar refractivity (Wildman–Crippen MR) is 152 cm³/mol. The minimum Gasteiger partial charge on any atom is -0.497 e. The van der Waals surface area contributed by atoms with Crippen LogP contribution in [-0.2, 0) is 4.79 Å². The van der Waals surface area contributed by atoms with Crippen LogP contribution in [-0.4, -0.2) is 45.9 Å². The topological polar surface area (TPSA) is 97.9 Å². The Labute approximate surface area is 232 Å². The lowest BCUT2D eigenvalue weighted by atomic mass is 9.97. The molecule has 0 saturated heterocycles. The van der Waals surface area contributed by atoms with Crippen LogP contribution >= 0.6 is 0 Å². The number of carbonyl (C=O) groups is 2. The maximum absolute atomic E-state index is 14.3. The maximum Gasteiger partial charge on any atom is 0.273 e. The Morgan fingerprint density at radius 3 is 2.35 bits per heavy atom. The van der Waals surface area contributed by atoms with Gasteiger partial charge in [-0.2, -0.15) is 0 Å². The molecule has 1 aliphatic heterocycles. The molecule has 1 aromatic heterocycles. The number of hydrogen-bond acceptors (Lipinski definition) is 5. The minimum atomic E-state index is -0.504. The first-order valence-electron chi connectivity index (χ1n) is 13.0. The van der Waals surface area contributed by atoms with Crippen LogP contribution in [0.5, 0.6) is 5.75 Å². The molecule has 0 N–H and O–H groups in total. The Morgan fingerprint density at radius 1 is 1.00 bits per heavy atom. The zero-order valence-corrected chi connectivity index (χ0v) is 22.8. The third-order valence-electron chi connectivity index (χ3n) is 7.26. The van der Waals surface area contributed by atoms with Crippen molar-refractivity contribution in [3.05, 3.63) is 118 Å². The molecule has 2 amide bonds. The van der Waals surface area contributed by atoms with Crippen LogP contribution in [0, 0.1) is 17.0 Å². The Morgan fingerprint density at radius 2 is 1.70 bits per heavy atom. The highest BCUT2D eigenvalue weighted by Crippen LogP contribution is 2.42. The summed E-state index contributed by atoms with van der Waals surface area (Å²) in [5, 5.41) is 11.5. The van der Waals surface area contributed by atoms with E-state index in [9.17, 15) is 19.7 Å². The summed E-state index contributed by atoms with van der Waals surface area (Å²) in [5.74, 6) is -0.0116. The molecule has 0 aliphatic carbocycles. The van der Waals surface area contributed by atoms with Gasteiger partial charge in [0.2, 0.25) is 5.91 Å². The molecule has 0 radical (unpaired) electrons. The molecule has 9 heteroatoms. The smallest absolute Gasteiger partial charge is 0.273 e. The Bertz CT molecular complexity index is 1590. The molecule has 1 unspecified atom stereocenters. The fourth-order valence-electron chi connectivity index (χ4n) is 5.18. The highest BCUT2D eigenvalue weighted by molar-refractivity contribution is 6.03. The molecule has 204 valence electrons. The Kier molecular flexibility index (Phi) is 7.13. The number of ether oxygens (including phenoxy) is 1. The van der Waals surface area contributed by atoms with Crippen molar-refractivity contribution in [2.24, 2.45) is 0 Å². The van der Waals surface area contributed by atoms with E-state index < -0.39 is 16.9 Å². The Hall–Kier alpha value is -4.92. The van der Waals surface area contributed by atoms with Crippen molar-refractivity contribution in [2.45, 2.75) is 32.9 Å². The average molecular weight is 539 g/mol. The maximum atomic E-state index is 14.3. The third-order valence-corrected chi connectivity index (χ3v) is 7.26. The number of hydrogen-bond donors (Lipinski definition) is 0. The third kappa shape index (κ3) is 4.70. The molecule has 9 nitrogen and oxygen atoms in total. The van der Waals surface area contributed by atoms with E-state index in [2.05, 4.69) is 4.57 Å². The number of rotatable bonds is 7. The van der Waals surface area contributed by atoms with E-state index in [0.717, 1.165) is 22.6 Å². The second-order valence-electron chi connectivity index (χ2n) is 10.0. The highest BCUT2D eigenvalue weighted by atomic mass is 16.6. The van der Waals surface area contributed by atoms with Crippen LogP contribution in [0.2, 0.25) is 0 Å². The van der Waals surface area contributed by atoms with Gasteiger partial charge in [-0.3, -0.25) is 24.6 Å². The van der Waals surface area contributed by atoms with E-state index in [0.29, 0.717) is 11.3 Å².